The highest BCUT2D eigenvalue weighted by Crippen LogP contribution is 2.36. The van der Waals surface area contributed by atoms with Crippen molar-refractivity contribution in [2.24, 2.45) is 0 Å². The third-order valence-electron chi connectivity index (χ3n) is 11.7. The zero-order chi connectivity index (χ0) is 44.2. The van der Waals surface area contributed by atoms with E-state index in [-0.39, 0.29) is 5.69 Å². The summed E-state index contributed by atoms with van der Waals surface area (Å²) in [4.78, 5) is 13.8. The van der Waals surface area contributed by atoms with Gasteiger partial charge in [-0.05, 0) is 107 Å². The molecule has 318 valence electrons. The summed E-state index contributed by atoms with van der Waals surface area (Å²) in [5.41, 5.74) is 8.21. The van der Waals surface area contributed by atoms with Crippen molar-refractivity contribution in [1.29, 1.82) is 0 Å². The first-order valence-corrected chi connectivity index (χ1v) is 22.3. The van der Waals surface area contributed by atoms with Crippen molar-refractivity contribution in [2.75, 3.05) is 0 Å². The van der Waals surface area contributed by atoms with E-state index in [1.165, 1.54) is 34.5 Å². The predicted octanol–water partition coefficient (Wildman–Crippen LogP) is 12.1. The van der Waals surface area contributed by atoms with Gasteiger partial charge < -0.3 is 13.0 Å². The van der Waals surface area contributed by atoms with E-state index in [9.17, 15) is 21.6 Å². The lowest BCUT2D eigenvalue weighted by Gasteiger charge is -2.15. The predicted molar refractivity (Wildman–Crippen MR) is 246 cm³/mol. The summed E-state index contributed by atoms with van der Waals surface area (Å²) >= 11 is 0. The van der Waals surface area contributed by atoms with E-state index in [2.05, 4.69) is 109 Å². The van der Waals surface area contributed by atoms with E-state index in [4.69, 9.17) is 9.97 Å². The smallest absolute Gasteiger partial charge is 0.376 e. The number of benzene rings is 5. The topological polar surface area (TPSA) is 90.9 Å². The van der Waals surface area contributed by atoms with Crippen molar-refractivity contribution < 1.29 is 25.8 Å². The number of nitrogens with zero attached hydrogens (tertiary/aromatic N) is 5. The minimum Gasteiger partial charge on any atom is -0.376 e. The van der Waals surface area contributed by atoms with Gasteiger partial charge in [0, 0.05) is 59.5 Å². The summed E-state index contributed by atoms with van der Waals surface area (Å²) in [6, 6.07) is 42.4. The molecule has 0 unspecified atom stereocenters. The minimum atomic E-state index is -5.83. The number of hydrogen-bond donors (Lipinski definition) is 0. The van der Waals surface area contributed by atoms with Crippen LogP contribution in [0.1, 0.15) is 33.6 Å². The van der Waals surface area contributed by atoms with Crippen LogP contribution in [0.4, 0.5) is 13.2 Å². The van der Waals surface area contributed by atoms with E-state index in [1.54, 1.807) is 0 Å². The highest BCUT2D eigenvalue weighted by molar-refractivity contribution is 7.88. The second-order valence-electron chi connectivity index (χ2n) is 16.2. The van der Waals surface area contributed by atoms with Crippen molar-refractivity contribution in [3.63, 3.8) is 0 Å². The molecule has 0 amide bonds. The van der Waals surface area contributed by atoms with Gasteiger partial charge in [0.1, 0.15) is 17.0 Å². The maximum atomic E-state index is 13.0. The van der Waals surface area contributed by atoms with Gasteiger partial charge in [-0.2, -0.15) is 21.6 Å². The van der Waals surface area contributed by atoms with Crippen molar-refractivity contribution in [3.05, 3.63) is 192 Å². The Morgan fingerprint density at radius 2 is 1.08 bits per heavy atom. The molecule has 8 nitrogen and oxygen atoms in total. The standard InChI is InChI=1S/C52H40F3N5O3S/c1-33-31-59-23-20-41-26-35(11-17-47(41)50(59)57-33)7-9-37-25-38(10-8-36-12-18-48-42(27-36)21-24-60-32-34(2)58-51(48)60)29-43(28-37)46-6-4-3-5-45(46)39-13-15-40(16-14-39)49-30-44(19-22-56-49)63-64(61,62)52(53,54)55/h3-6,11-32H,7-10H2,1-2H3. The van der Waals surface area contributed by atoms with Gasteiger partial charge in [0.25, 0.3) is 0 Å². The molecule has 0 aliphatic rings. The van der Waals surface area contributed by atoms with Gasteiger partial charge in [0.05, 0.1) is 17.1 Å². The largest absolute Gasteiger partial charge is 0.534 e. The molecule has 0 bridgehead atoms. The number of aryl methyl sites for hydroxylation is 6. The molecule has 0 aliphatic carbocycles. The lowest BCUT2D eigenvalue weighted by Crippen LogP contribution is -2.28. The molecule has 0 fully saturated rings. The average molecular weight is 872 g/mol. The molecule has 5 aromatic carbocycles. The highest BCUT2D eigenvalue weighted by atomic mass is 32.2. The molecule has 0 N–H and O–H groups in total. The van der Waals surface area contributed by atoms with E-state index < -0.39 is 21.4 Å². The maximum absolute atomic E-state index is 13.0. The van der Waals surface area contributed by atoms with Crippen LogP contribution in [-0.4, -0.2) is 37.7 Å². The Morgan fingerprint density at radius 3 is 1.62 bits per heavy atom. The molecule has 10 rings (SSSR count). The summed E-state index contributed by atoms with van der Waals surface area (Å²) < 4.78 is 70.8. The summed E-state index contributed by atoms with van der Waals surface area (Å²) in [6.45, 7) is 4.02. The third kappa shape index (κ3) is 8.08. The highest BCUT2D eigenvalue weighted by Gasteiger charge is 2.48. The molecule has 0 spiro atoms. The Balaban J connectivity index is 0.960. The fourth-order valence-corrected chi connectivity index (χ4v) is 9.04. The molecule has 5 aromatic heterocycles. The van der Waals surface area contributed by atoms with Gasteiger partial charge in [-0.15, -0.1) is 0 Å². The van der Waals surface area contributed by atoms with Crippen LogP contribution in [0.25, 0.3) is 66.4 Å². The monoisotopic (exact) mass is 871 g/mol. The van der Waals surface area contributed by atoms with Crippen LogP contribution in [0.2, 0.25) is 0 Å². The van der Waals surface area contributed by atoms with Crippen LogP contribution in [0.5, 0.6) is 5.75 Å². The van der Waals surface area contributed by atoms with Gasteiger partial charge in [-0.1, -0.05) is 103 Å². The molecule has 0 atom stereocenters. The van der Waals surface area contributed by atoms with Crippen LogP contribution in [0, 0.1) is 13.8 Å². The van der Waals surface area contributed by atoms with Gasteiger partial charge in [0.2, 0.25) is 0 Å². The molecule has 0 saturated carbocycles. The molecule has 0 radical (unpaired) electrons. The number of pyridine rings is 3. The first-order chi connectivity index (χ1) is 30.8. The lowest BCUT2D eigenvalue weighted by molar-refractivity contribution is -0.0500. The number of imidazole rings is 2. The first kappa shape index (κ1) is 40.7. The summed E-state index contributed by atoms with van der Waals surface area (Å²) in [5, 5.41) is 4.58. The Kier molecular flexibility index (Phi) is 10.3. The third-order valence-corrected chi connectivity index (χ3v) is 12.6. The van der Waals surface area contributed by atoms with Gasteiger partial charge in [-0.3, -0.25) is 4.98 Å². The Labute approximate surface area is 367 Å². The second kappa shape index (κ2) is 16.1. The molecular weight excluding hydrogens is 832 g/mol. The number of halogens is 3. The number of hydrogen-bond acceptors (Lipinski definition) is 6. The molecule has 0 aliphatic heterocycles. The van der Waals surface area contributed by atoms with Crippen LogP contribution < -0.4 is 4.18 Å². The van der Waals surface area contributed by atoms with Crippen molar-refractivity contribution in [1.82, 2.24) is 23.8 Å². The summed E-state index contributed by atoms with van der Waals surface area (Å²) in [6.07, 6.45) is 12.8. The Morgan fingerprint density at radius 1 is 0.562 bits per heavy atom. The normalized spacial score (nSPS) is 12.2. The SMILES string of the molecule is Cc1cn2ccc3cc(CCc4cc(CCc5ccc6c(ccn7cc(C)nc67)c5)cc(-c5ccccc5-c5ccc(-c6cc(OS(=O)(=O)C(F)(F)F)ccn6)cc5)c4)ccc3c2n1. The fourth-order valence-electron chi connectivity index (χ4n) is 8.58. The number of rotatable bonds is 11. The lowest BCUT2D eigenvalue weighted by atomic mass is 9.90. The van der Waals surface area contributed by atoms with E-state index >= 15 is 0 Å². The van der Waals surface area contributed by atoms with Crippen LogP contribution in [0.3, 0.4) is 0 Å². The fraction of sp³-hybridized carbons (Fsp3) is 0.135. The molecule has 5 heterocycles. The molecule has 10 aromatic rings. The van der Waals surface area contributed by atoms with Crippen LogP contribution in [-0.2, 0) is 35.8 Å². The summed E-state index contributed by atoms with van der Waals surface area (Å²) in [5.74, 6) is -0.481. The number of fused-ring (bicyclic) bond motifs is 6. The van der Waals surface area contributed by atoms with E-state index in [0.717, 1.165) is 98.2 Å². The van der Waals surface area contributed by atoms with Crippen molar-refractivity contribution in [2.45, 2.75) is 45.0 Å². The molecule has 0 saturated heterocycles. The van der Waals surface area contributed by atoms with Gasteiger partial charge in [-0.25, -0.2) is 9.97 Å². The average Bonchev–Trinajstić information content (AvgIpc) is 3.88. The van der Waals surface area contributed by atoms with Crippen LogP contribution >= 0.6 is 0 Å². The molecule has 12 heteroatoms. The second-order valence-corrected chi connectivity index (χ2v) is 17.8. The quantitative estimate of drug-likeness (QED) is 0.0950. The van der Waals surface area contributed by atoms with Crippen molar-refractivity contribution >= 4 is 43.0 Å². The molecular formula is C52H40F3N5O3S. The maximum Gasteiger partial charge on any atom is 0.534 e. The number of alkyl halides is 3. The Hall–Kier alpha value is -7.31. The minimum absolute atomic E-state index is 0.264. The van der Waals surface area contributed by atoms with Gasteiger partial charge in [0.15, 0.2) is 0 Å². The van der Waals surface area contributed by atoms with E-state index in [0.29, 0.717) is 5.56 Å². The van der Waals surface area contributed by atoms with Crippen LogP contribution in [0.15, 0.2) is 158 Å². The van der Waals surface area contributed by atoms with Crippen molar-refractivity contribution in [3.8, 4) is 39.3 Å². The van der Waals surface area contributed by atoms with E-state index in [1.807, 2.05) is 62.6 Å². The summed E-state index contributed by atoms with van der Waals surface area (Å²) in [7, 11) is -5.83. The zero-order valence-corrected chi connectivity index (χ0v) is 35.7. The Bertz CT molecular complexity index is 3380. The first-order valence-electron chi connectivity index (χ1n) is 20.9. The van der Waals surface area contributed by atoms with Gasteiger partial charge >= 0.3 is 15.6 Å². The molecule has 64 heavy (non-hydrogen) atoms. The zero-order valence-electron chi connectivity index (χ0n) is 34.8. The number of aromatic nitrogens is 5.